The van der Waals surface area contributed by atoms with Crippen LogP contribution in [0.4, 0.5) is 0 Å². The molecule has 84 valence electrons. The molecule has 0 unspecified atom stereocenters. The lowest BCUT2D eigenvalue weighted by Gasteiger charge is -1.98. The van der Waals surface area contributed by atoms with E-state index in [4.69, 9.17) is 0 Å². The average Bonchev–Trinajstić information content (AvgIpc) is 2.39. The van der Waals surface area contributed by atoms with Crippen LogP contribution in [0, 0.1) is 11.8 Å². The zero-order valence-electron chi connectivity index (χ0n) is 9.55. The van der Waals surface area contributed by atoms with Crippen LogP contribution in [0.1, 0.15) is 18.2 Å². The molecular weight excluding hydrogens is 212 g/mol. The summed E-state index contributed by atoms with van der Waals surface area (Å²) in [4.78, 5) is 11.3. The van der Waals surface area contributed by atoms with Gasteiger partial charge in [0.1, 0.15) is 5.69 Å². The highest BCUT2D eigenvalue weighted by Crippen LogP contribution is 1.96. The van der Waals surface area contributed by atoms with E-state index in [0.717, 1.165) is 5.56 Å². The highest BCUT2D eigenvalue weighted by atomic mass is 16.1. The summed E-state index contributed by atoms with van der Waals surface area (Å²) < 4.78 is 1.40. The molecule has 0 saturated carbocycles. The standard InChI is InChI=1S/C14H12N2O/c1-2-16-14(17)11-10-13(15-16)9-8-12-6-4-3-5-7-12/h3-7,10-11H,2H2,1H3. The molecule has 3 nitrogen and oxygen atoms in total. The minimum Gasteiger partial charge on any atom is -0.268 e. The monoisotopic (exact) mass is 224 g/mol. The minimum absolute atomic E-state index is 0.0993. The molecule has 0 fully saturated rings. The van der Waals surface area contributed by atoms with Crippen LogP contribution in [0.3, 0.4) is 0 Å². The summed E-state index contributed by atoms with van der Waals surface area (Å²) in [5.74, 6) is 5.95. The van der Waals surface area contributed by atoms with Crippen LogP contribution in [-0.4, -0.2) is 9.78 Å². The Kier molecular flexibility index (Phi) is 3.37. The van der Waals surface area contributed by atoms with Crippen molar-refractivity contribution in [3.8, 4) is 11.8 Å². The molecule has 1 aromatic carbocycles. The molecule has 1 heterocycles. The molecule has 0 aliphatic heterocycles. The largest absolute Gasteiger partial charge is 0.268 e. The number of rotatable bonds is 1. The van der Waals surface area contributed by atoms with Gasteiger partial charge in [-0.05, 0) is 31.0 Å². The maximum atomic E-state index is 11.3. The smallest absolute Gasteiger partial charge is 0.266 e. The number of nitrogens with zero attached hydrogens (tertiary/aromatic N) is 2. The van der Waals surface area contributed by atoms with Crippen LogP contribution in [-0.2, 0) is 6.54 Å². The molecule has 0 N–H and O–H groups in total. The third kappa shape index (κ3) is 2.82. The number of aromatic nitrogens is 2. The Morgan fingerprint density at radius 2 is 1.88 bits per heavy atom. The Morgan fingerprint density at radius 3 is 2.59 bits per heavy atom. The van der Waals surface area contributed by atoms with Gasteiger partial charge in [-0.1, -0.05) is 24.1 Å². The molecule has 2 aromatic rings. The molecule has 0 spiro atoms. The molecule has 2 rings (SSSR count). The predicted molar refractivity (Wildman–Crippen MR) is 66.6 cm³/mol. The summed E-state index contributed by atoms with van der Waals surface area (Å²) in [5.41, 5.74) is 1.44. The van der Waals surface area contributed by atoms with Crippen molar-refractivity contribution in [2.45, 2.75) is 13.5 Å². The number of hydrogen-bond acceptors (Lipinski definition) is 2. The first kappa shape index (κ1) is 11.2. The van der Waals surface area contributed by atoms with E-state index >= 15 is 0 Å². The highest BCUT2D eigenvalue weighted by Gasteiger charge is 1.95. The van der Waals surface area contributed by atoms with E-state index in [9.17, 15) is 4.79 Å². The Hall–Kier alpha value is -2.34. The fourth-order valence-electron chi connectivity index (χ4n) is 1.40. The van der Waals surface area contributed by atoms with Gasteiger partial charge >= 0.3 is 0 Å². The summed E-state index contributed by atoms with van der Waals surface area (Å²) in [7, 11) is 0. The van der Waals surface area contributed by atoms with Gasteiger partial charge in [0, 0.05) is 18.2 Å². The maximum absolute atomic E-state index is 11.3. The summed E-state index contributed by atoms with van der Waals surface area (Å²) in [6, 6.07) is 12.8. The van der Waals surface area contributed by atoms with Crippen LogP contribution in [0.25, 0.3) is 0 Å². The topological polar surface area (TPSA) is 34.9 Å². The van der Waals surface area contributed by atoms with Crippen molar-refractivity contribution in [2.24, 2.45) is 0 Å². The normalized spacial score (nSPS) is 9.47. The van der Waals surface area contributed by atoms with Gasteiger partial charge in [-0.15, -0.1) is 0 Å². The number of aryl methyl sites for hydroxylation is 1. The van der Waals surface area contributed by atoms with Crippen molar-refractivity contribution in [3.05, 3.63) is 64.1 Å². The van der Waals surface area contributed by atoms with E-state index in [0.29, 0.717) is 12.2 Å². The van der Waals surface area contributed by atoms with Crippen molar-refractivity contribution < 1.29 is 0 Å². The Balaban J connectivity index is 2.31. The van der Waals surface area contributed by atoms with Crippen molar-refractivity contribution >= 4 is 0 Å². The van der Waals surface area contributed by atoms with E-state index in [1.54, 1.807) is 6.07 Å². The van der Waals surface area contributed by atoms with Gasteiger partial charge in [-0.2, -0.15) is 5.10 Å². The lowest BCUT2D eigenvalue weighted by molar-refractivity contribution is 0.612. The molecule has 3 heteroatoms. The van der Waals surface area contributed by atoms with E-state index in [-0.39, 0.29) is 5.56 Å². The molecule has 0 saturated heterocycles. The molecule has 0 amide bonds. The zero-order chi connectivity index (χ0) is 12.1. The quantitative estimate of drug-likeness (QED) is 0.690. The summed E-state index contributed by atoms with van der Waals surface area (Å²) in [5, 5.41) is 4.14. The zero-order valence-corrected chi connectivity index (χ0v) is 9.55. The van der Waals surface area contributed by atoms with Crippen LogP contribution in [0.5, 0.6) is 0 Å². The fourth-order valence-corrected chi connectivity index (χ4v) is 1.40. The predicted octanol–water partition coefficient (Wildman–Crippen LogP) is 1.66. The van der Waals surface area contributed by atoms with Crippen LogP contribution < -0.4 is 5.56 Å². The van der Waals surface area contributed by atoms with Crippen molar-refractivity contribution in [1.29, 1.82) is 0 Å². The first-order valence-electron chi connectivity index (χ1n) is 5.45. The fraction of sp³-hybridized carbons (Fsp3) is 0.143. The Bertz CT molecular complexity index is 618. The molecule has 0 bridgehead atoms. The average molecular weight is 224 g/mol. The van der Waals surface area contributed by atoms with E-state index in [1.165, 1.54) is 10.7 Å². The van der Waals surface area contributed by atoms with Gasteiger partial charge in [0.2, 0.25) is 0 Å². The van der Waals surface area contributed by atoms with Crippen LogP contribution in [0.2, 0.25) is 0 Å². The first-order valence-corrected chi connectivity index (χ1v) is 5.45. The Labute approximate surface area is 99.7 Å². The molecule has 17 heavy (non-hydrogen) atoms. The summed E-state index contributed by atoms with van der Waals surface area (Å²) in [6.45, 7) is 2.43. The van der Waals surface area contributed by atoms with Gasteiger partial charge in [0.05, 0.1) is 0 Å². The number of hydrogen-bond donors (Lipinski definition) is 0. The molecule has 0 aliphatic rings. The van der Waals surface area contributed by atoms with Crippen molar-refractivity contribution in [2.75, 3.05) is 0 Å². The third-order valence-corrected chi connectivity index (χ3v) is 2.27. The van der Waals surface area contributed by atoms with Gasteiger partial charge < -0.3 is 0 Å². The SMILES string of the molecule is CCn1nc(C#Cc2ccccc2)ccc1=O. The van der Waals surface area contributed by atoms with Gasteiger partial charge in [-0.3, -0.25) is 4.79 Å². The second-order valence-corrected chi connectivity index (χ2v) is 3.49. The van der Waals surface area contributed by atoms with E-state index < -0.39 is 0 Å². The summed E-state index contributed by atoms with van der Waals surface area (Å²) >= 11 is 0. The van der Waals surface area contributed by atoms with Gasteiger partial charge in [0.15, 0.2) is 0 Å². The summed E-state index contributed by atoms with van der Waals surface area (Å²) in [6.07, 6.45) is 0. The van der Waals surface area contributed by atoms with Gasteiger partial charge in [-0.25, -0.2) is 4.68 Å². The second-order valence-electron chi connectivity index (χ2n) is 3.49. The van der Waals surface area contributed by atoms with Gasteiger partial charge in [0.25, 0.3) is 5.56 Å². The highest BCUT2D eigenvalue weighted by molar-refractivity contribution is 5.39. The lowest BCUT2D eigenvalue weighted by Crippen LogP contribution is -2.21. The second kappa shape index (κ2) is 5.13. The maximum Gasteiger partial charge on any atom is 0.266 e. The number of benzene rings is 1. The molecule has 0 atom stereocenters. The minimum atomic E-state index is -0.0993. The van der Waals surface area contributed by atoms with E-state index in [1.807, 2.05) is 37.3 Å². The van der Waals surface area contributed by atoms with Crippen molar-refractivity contribution in [1.82, 2.24) is 9.78 Å². The van der Waals surface area contributed by atoms with E-state index in [2.05, 4.69) is 16.9 Å². The third-order valence-electron chi connectivity index (χ3n) is 2.27. The molecule has 0 radical (unpaired) electrons. The molecular formula is C14H12N2O. The first-order chi connectivity index (χ1) is 8.29. The molecule has 0 aliphatic carbocycles. The Morgan fingerprint density at radius 1 is 1.12 bits per heavy atom. The van der Waals surface area contributed by atoms with Crippen LogP contribution in [0.15, 0.2) is 47.3 Å². The molecule has 1 aromatic heterocycles. The lowest BCUT2D eigenvalue weighted by atomic mass is 10.2. The van der Waals surface area contributed by atoms with Crippen LogP contribution >= 0.6 is 0 Å². The van der Waals surface area contributed by atoms with Crippen molar-refractivity contribution in [3.63, 3.8) is 0 Å².